The molecule has 2 N–H and O–H groups in total. The highest BCUT2D eigenvalue weighted by Crippen LogP contribution is 2.37. The molecule has 1 amide bonds. The van der Waals surface area contributed by atoms with E-state index in [4.69, 9.17) is 4.74 Å². The largest absolute Gasteiger partial charge is 0.496 e. The molecule has 0 spiro atoms. The molecular weight excluding hydrogens is 397 g/mol. The number of halogens is 1. The first kappa shape index (κ1) is 20.8. The van der Waals surface area contributed by atoms with Crippen LogP contribution in [0.5, 0.6) is 5.75 Å². The highest BCUT2D eigenvalue weighted by molar-refractivity contribution is 5.97. The van der Waals surface area contributed by atoms with Gasteiger partial charge in [-0.2, -0.15) is 0 Å². The van der Waals surface area contributed by atoms with Gasteiger partial charge in [-0.15, -0.1) is 0 Å². The molecule has 7 heteroatoms. The van der Waals surface area contributed by atoms with Gasteiger partial charge in [0.1, 0.15) is 17.4 Å². The van der Waals surface area contributed by atoms with Gasteiger partial charge in [0.2, 0.25) is 0 Å². The monoisotopic (exact) mass is 421 g/mol. The standard InChI is InChI=1S/C24H24FN3O3/c1-14-4-3-5-19(22(14)31-2)24(30)27-20(15-8-10-17(25)11-9-15)12-18-13-21(29)28-23(26-18)16-6-7-16/h3-5,8-11,13,16,20H,6-7,12H2,1-2H3,(H,27,30)(H,26,28,29)/t20-/m1/s1. The molecule has 1 aliphatic carbocycles. The lowest BCUT2D eigenvalue weighted by Crippen LogP contribution is -2.31. The third-order valence-corrected chi connectivity index (χ3v) is 5.43. The fraction of sp³-hybridized carbons (Fsp3) is 0.292. The molecule has 6 nitrogen and oxygen atoms in total. The molecule has 160 valence electrons. The van der Waals surface area contributed by atoms with Crippen LogP contribution in [0, 0.1) is 12.7 Å². The summed E-state index contributed by atoms with van der Waals surface area (Å²) >= 11 is 0. The van der Waals surface area contributed by atoms with Crippen molar-refractivity contribution in [1.82, 2.24) is 15.3 Å². The minimum absolute atomic E-state index is 0.212. The normalized spacial score (nSPS) is 14.2. The highest BCUT2D eigenvalue weighted by atomic mass is 19.1. The Morgan fingerprint density at radius 3 is 2.68 bits per heavy atom. The number of carbonyl (C=O) groups is 1. The number of nitrogens with zero attached hydrogens (tertiary/aromatic N) is 1. The van der Waals surface area contributed by atoms with E-state index in [1.54, 1.807) is 24.3 Å². The van der Waals surface area contributed by atoms with Crippen molar-refractivity contribution < 1.29 is 13.9 Å². The number of benzene rings is 2. The first-order valence-corrected chi connectivity index (χ1v) is 10.2. The fourth-order valence-electron chi connectivity index (χ4n) is 3.68. The molecule has 2 aromatic carbocycles. The van der Waals surface area contributed by atoms with Crippen LogP contribution in [0.4, 0.5) is 4.39 Å². The van der Waals surface area contributed by atoms with Gasteiger partial charge < -0.3 is 15.0 Å². The molecule has 0 unspecified atom stereocenters. The van der Waals surface area contributed by atoms with Crippen LogP contribution in [0.1, 0.15) is 57.8 Å². The van der Waals surface area contributed by atoms with E-state index in [9.17, 15) is 14.0 Å². The molecule has 0 radical (unpaired) electrons. The van der Waals surface area contributed by atoms with Crippen LogP contribution in [-0.2, 0) is 6.42 Å². The summed E-state index contributed by atoms with van der Waals surface area (Å²) in [7, 11) is 1.52. The molecule has 1 fully saturated rings. The zero-order valence-electron chi connectivity index (χ0n) is 17.4. The number of ether oxygens (including phenoxy) is 1. The summed E-state index contributed by atoms with van der Waals surface area (Å²) in [5.74, 6) is 0.805. The van der Waals surface area contributed by atoms with E-state index in [1.165, 1.54) is 25.3 Å². The number of hydrogen-bond donors (Lipinski definition) is 2. The molecule has 1 aliphatic rings. The first-order valence-electron chi connectivity index (χ1n) is 10.2. The zero-order valence-corrected chi connectivity index (χ0v) is 17.4. The smallest absolute Gasteiger partial charge is 0.255 e. The number of amides is 1. The molecule has 1 heterocycles. The van der Waals surface area contributed by atoms with Crippen molar-refractivity contribution in [2.24, 2.45) is 0 Å². The molecule has 0 saturated heterocycles. The number of aryl methyl sites for hydroxylation is 1. The van der Waals surface area contributed by atoms with Gasteiger partial charge in [-0.1, -0.05) is 24.3 Å². The maximum Gasteiger partial charge on any atom is 0.255 e. The predicted molar refractivity (Wildman–Crippen MR) is 115 cm³/mol. The number of methoxy groups -OCH3 is 1. The molecule has 3 aromatic rings. The van der Waals surface area contributed by atoms with Crippen LogP contribution in [0.25, 0.3) is 0 Å². The summed E-state index contributed by atoms with van der Waals surface area (Å²) in [6, 6.07) is 12.3. The van der Waals surface area contributed by atoms with E-state index in [0.29, 0.717) is 35.2 Å². The van der Waals surface area contributed by atoms with Crippen molar-refractivity contribution in [2.45, 2.75) is 38.1 Å². The third-order valence-electron chi connectivity index (χ3n) is 5.43. The Morgan fingerprint density at radius 2 is 2.00 bits per heavy atom. The first-order chi connectivity index (χ1) is 14.9. The van der Waals surface area contributed by atoms with Gasteiger partial charge in [0.05, 0.1) is 24.4 Å². The van der Waals surface area contributed by atoms with Gasteiger partial charge in [0.25, 0.3) is 11.5 Å². The van der Waals surface area contributed by atoms with Gasteiger partial charge in [0.15, 0.2) is 0 Å². The SMILES string of the molecule is COc1c(C)cccc1C(=O)N[C@H](Cc1cc(=O)[nH]c(C2CC2)n1)c1ccc(F)cc1. The third kappa shape index (κ3) is 4.82. The Morgan fingerprint density at radius 1 is 1.26 bits per heavy atom. The number of aromatic amines is 1. The van der Waals surface area contributed by atoms with E-state index in [2.05, 4.69) is 15.3 Å². The highest BCUT2D eigenvalue weighted by Gasteiger charge is 2.27. The lowest BCUT2D eigenvalue weighted by atomic mass is 10.0. The Hall–Kier alpha value is -3.48. The number of hydrogen-bond acceptors (Lipinski definition) is 4. The summed E-state index contributed by atoms with van der Waals surface area (Å²) in [5, 5.41) is 3.01. The van der Waals surface area contributed by atoms with Crippen molar-refractivity contribution in [3.05, 3.63) is 92.9 Å². The van der Waals surface area contributed by atoms with Crippen molar-refractivity contribution in [1.29, 1.82) is 0 Å². The summed E-state index contributed by atoms with van der Waals surface area (Å²) in [5.41, 5.74) is 2.34. The minimum Gasteiger partial charge on any atom is -0.496 e. The van der Waals surface area contributed by atoms with Crippen LogP contribution in [-0.4, -0.2) is 23.0 Å². The molecule has 0 aliphatic heterocycles. The van der Waals surface area contributed by atoms with E-state index in [0.717, 1.165) is 24.0 Å². The maximum atomic E-state index is 13.5. The van der Waals surface area contributed by atoms with E-state index in [-0.39, 0.29) is 17.3 Å². The second-order valence-electron chi connectivity index (χ2n) is 7.83. The average Bonchev–Trinajstić information content (AvgIpc) is 3.59. The number of carbonyl (C=O) groups excluding carboxylic acids is 1. The molecule has 1 saturated carbocycles. The average molecular weight is 421 g/mol. The summed E-state index contributed by atoms with van der Waals surface area (Å²) in [4.78, 5) is 32.6. The Kier molecular flexibility index (Phi) is 5.84. The Labute approximate surface area is 179 Å². The summed E-state index contributed by atoms with van der Waals surface area (Å²) in [6.07, 6.45) is 2.32. The number of H-pyrrole nitrogens is 1. The molecule has 1 atom stereocenters. The van der Waals surface area contributed by atoms with Crippen LogP contribution in [0.15, 0.2) is 53.3 Å². The second kappa shape index (κ2) is 8.71. The maximum absolute atomic E-state index is 13.5. The number of aromatic nitrogens is 2. The van der Waals surface area contributed by atoms with Crippen molar-refractivity contribution >= 4 is 5.91 Å². The van der Waals surface area contributed by atoms with Gasteiger partial charge in [-0.3, -0.25) is 9.59 Å². The summed E-state index contributed by atoms with van der Waals surface area (Å²) < 4.78 is 18.9. The lowest BCUT2D eigenvalue weighted by Gasteiger charge is -2.20. The van der Waals surface area contributed by atoms with Crippen LogP contribution in [0.3, 0.4) is 0 Å². The summed E-state index contributed by atoms with van der Waals surface area (Å²) in [6.45, 7) is 1.87. The van der Waals surface area contributed by atoms with Gasteiger partial charge in [-0.25, -0.2) is 9.37 Å². The van der Waals surface area contributed by atoms with Gasteiger partial charge in [0, 0.05) is 18.4 Å². The van der Waals surface area contributed by atoms with Crippen LogP contribution >= 0.6 is 0 Å². The van der Waals surface area contributed by atoms with E-state index in [1.807, 2.05) is 13.0 Å². The van der Waals surface area contributed by atoms with Crippen LogP contribution < -0.4 is 15.6 Å². The van der Waals surface area contributed by atoms with Crippen molar-refractivity contribution in [3.8, 4) is 5.75 Å². The van der Waals surface area contributed by atoms with Gasteiger partial charge in [-0.05, 0) is 49.1 Å². The van der Waals surface area contributed by atoms with E-state index >= 15 is 0 Å². The number of nitrogens with one attached hydrogen (secondary N) is 2. The van der Waals surface area contributed by atoms with Crippen LogP contribution in [0.2, 0.25) is 0 Å². The molecule has 1 aromatic heterocycles. The van der Waals surface area contributed by atoms with Crippen molar-refractivity contribution in [2.75, 3.05) is 7.11 Å². The molecular formula is C24H24FN3O3. The zero-order chi connectivity index (χ0) is 22.0. The fourth-order valence-corrected chi connectivity index (χ4v) is 3.68. The molecule has 4 rings (SSSR count). The predicted octanol–water partition coefficient (Wildman–Crippen LogP) is 3.82. The molecule has 0 bridgehead atoms. The molecule has 31 heavy (non-hydrogen) atoms. The minimum atomic E-state index is -0.500. The van der Waals surface area contributed by atoms with Crippen molar-refractivity contribution in [3.63, 3.8) is 0 Å². The topological polar surface area (TPSA) is 84.1 Å². The lowest BCUT2D eigenvalue weighted by molar-refractivity contribution is 0.0933. The number of rotatable bonds is 7. The Balaban J connectivity index is 1.65. The van der Waals surface area contributed by atoms with Gasteiger partial charge >= 0.3 is 0 Å². The second-order valence-corrected chi connectivity index (χ2v) is 7.83. The van der Waals surface area contributed by atoms with E-state index < -0.39 is 6.04 Å². The number of para-hydroxylation sites is 1. The Bertz CT molecular complexity index is 1150. The quantitative estimate of drug-likeness (QED) is 0.608.